The summed E-state index contributed by atoms with van der Waals surface area (Å²) in [6.45, 7) is 0.239. The van der Waals surface area contributed by atoms with Crippen LogP contribution in [0.4, 0.5) is 4.39 Å². The van der Waals surface area contributed by atoms with Crippen LogP contribution >= 0.6 is 15.9 Å². The highest BCUT2D eigenvalue weighted by Crippen LogP contribution is 2.21. The lowest BCUT2D eigenvalue weighted by molar-refractivity contribution is 0.0595. The molecule has 0 fully saturated rings. The van der Waals surface area contributed by atoms with Gasteiger partial charge in [0.25, 0.3) is 0 Å². The van der Waals surface area contributed by atoms with Gasteiger partial charge >= 0.3 is 5.97 Å². The Morgan fingerprint density at radius 3 is 2.79 bits per heavy atom. The van der Waals surface area contributed by atoms with Gasteiger partial charge in [-0.3, -0.25) is 0 Å². The molecule has 0 bridgehead atoms. The van der Waals surface area contributed by atoms with Gasteiger partial charge in [0.05, 0.1) is 17.1 Å². The summed E-state index contributed by atoms with van der Waals surface area (Å²) in [4.78, 5) is 11.1. The molecule has 3 nitrogen and oxygen atoms in total. The predicted octanol–water partition coefficient (Wildman–Crippen LogP) is 1.83. The standard InChI is InChI=1S/C9H9BrFNO2/c1-14-9(13)6-2-5(4-12)3-7(10)8(6)11/h2-3H,4,12H2,1H3. The first-order valence-electron chi connectivity index (χ1n) is 3.86. The van der Waals surface area contributed by atoms with Crippen LogP contribution in [0.5, 0.6) is 0 Å². The molecule has 0 saturated carbocycles. The van der Waals surface area contributed by atoms with Crippen LogP contribution in [0.15, 0.2) is 16.6 Å². The Kier molecular flexibility index (Phi) is 3.60. The lowest BCUT2D eigenvalue weighted by atomic mass is 10.1. The zero-order chi connectivity index (χ0) is 10.7. The van der Waals surface area contributed by atoms with Crippen molar-refractivity contribution in [2.24, 2.45) is 5.73 Å². The van der Waals surface area contributed by atoms with E-state index in [-0.39, 0.29) is 16.6 Å². The van der Waals surface area contributed by atoms with E-state index in [1.165, 1.54) is 19.2 Å². The Balaban J connectivity index is 3.27. The molecule has 0 atom stereocenters. The minimum Gasteiger partial charge on any atom is -0.465 e. The molecule has 0 amide bonds. The number of halogens is 2. The molecule has 1 aromatic rings. The van der Waals surface area contributed by atoms with Crippen LogP contribution in [0.3, 0.4) is 0 Å². The number of esters is 1. The van der Waals surface area contributed by atoms with Gasteiger partial charge in [-0.2, -0.15) is 0 Å². The Morgan fingerprint density at radius 1 is 1.64 bits per heavy atom. The first kappa shape index (κ1) is 11.1. The number of hydrogen-bond acceptors (Lipinski definition) is 3. The van der Waals surface area contributed by atoms with Crippen molar-refractivity contribution in [3.8, 4) is 0 Å². The van der Waals surface area contributed by atoms with E-state index in [2.05, 4.69) is 20.7 Å². The van der Waals surface area contributed by atoms with Gasteiger partial charge in [-0.1, -0.05) is 0 Å². The van der Waals surface area contributed by atoms with Crippen LogP contribution in [0.25, 0.3) is 0 Å². The van der Waals surface area contributed by atoms with E-state index in [0.29, 0.717) is 5.56 Å². The molecule has 0 aromatic heterocycles. The Morgan fingerprint density at radius 2 is 2.29 bits per heavy atom. The monoisotopic (exact) mass is 261 g/mol. The summed E-state index contributed by atoms with van der Waals surface area (Å²) < 4.78 is 18.0. The van der Waals surface area contributed by atoms with Gasteiger partial charge in [0, 0.05) is 6.54 Å². The van der Waals surface area contributed by atoms with Gasteiger partial charge < -0.3 is 10.5 Å². The van der Waals surface area contributed by atoms with Crippen LogP contribution in [0.1, 0.15) is 15.9 Å². The topological polar surface area (TPSA) is 52.3 Å². The summed E-state index contributed by atoms with van der Waals surface area (Å²) in [5.41, 5.74) is 5.94. The fourth-order valence-corrected chi connectivity index (χ4v) is 1.53. The maximum Gasteiger partial charge on any atom is 0.340 e. The van der Waals surface area contributed by atoms with E-state index in [1.54, 1.807) is 0 Å². The molecule has 0 saturated heterocycles. The lowest BCUT2D eigenvalue weighted by Crippen LogP contribution is -2.07. The Bertz CT molecular complexity index is 368. The highest BCUT2D eigenvalue weighted by molar-refractivity contribution is 9.10. The van der Waals surface area contributed by atoms with Crippen molar-refractivity contribution in [2.75, 3.05) is 7.11 Å². The predicted molar refractivity (Wildman–Crippen MR) is 53.3 cm³/mol. The first-order chi connectivity index (χ1) is 6.60. The molecule has 0 unspecified atom stereocenters. The number of rotatable bonds is 2. The smallest absolute Gasteiger partial charge is 0.340 e. The molecular formula is C9H9BrFNO2. The highest BCUT2D eigenvalue weighted by atomic mass is 79.9. The average Bonchev–Trinajstić information content (AvgIpc) is 2.20. The van der Waals surface area contributed by atoms with Crippen LogP contribution < -0.4 is 5.73 Å². The van der Waals surface area contributed by atoms with Crippen molar-refractivity contribution in [3.05, 3.63) is 33.5 Å². The van der Waals surface area contributed by atoms with Crippen molar-refractivity contribution in [1.29, 1.82) is 0 Å². The molecule has 1 rings (SSSR count). The minimum atomic E-state index is -0.710. The number of methoxy groups -OCH3 is 1. The third-order valence-electron chi connectivity index (χ3n) is 1.73. The van der Waals surface area contributed by atoms with Crippen molar-refractivity contribution >= 4 is 21.9 Å². The minimum absolute atomic E-state index is 0.109. The number of carbonyl (C=O) groups is 1. The van der Waals surface area contributed by atoms with E-state index < -0.39 is 11.8 Å². The van der Waals surface area contributed by atoms with E-state index in [1.807, 2.05) is 0 Å². The Labute approximate surface area is 89.2 Å². The van der Waals surface area contributed by atoms with Crippen LogP contribution in [0.2, 0.25) is 0 Å². The van der Waals surface area contributed by atoms with Crippen molar-refractivity contribution in [2.45, 2.75) is 6.54 Å². The van der Waals surface area contributed by atoms with Crippen molar-refractivity contribution in [3.63, 3.8) is 0 Å². The summed E-state index contributed by atoms with van der Waals surface area (Å²) in [5.74, 6) is -1.34. The molecule has 0 spiro atoms. The third-order valence-corrected chi connectivity index (χ3v) is 2.31. The second-order valence-electron chi connectivity index (χ2n) is 2.63. The van der Waals surface area contributed by atoms with Crippen molar-refractivity contribution in [1.82, 2.24) is 0 Å². The molecule has 5 heteroatoms. The van der Waals surface area contributed by atoms with Crippen molar-refractivity contribution < 1.29 is 13.9 Å². The number of benzene rings is 1. The summed E-state index contributed by atoms with van der Waals surface area (Å²) >= 11 is 3.00. The molecule has 76 valence electrons. The van der Waals surface area contributed by atoms with E-state index in [4.69, 9.17) is 5.73 Å². The molecular weight excluding hydrogens is 253 g/mol. The maximum atomic E-state index is 13.4. The van der Waals surface area contributed by atoms with Crippen LogP contribution in [-0.4, -0.2) is 13.1 Å². The van der Waals surface area contributed by atoms with E-state index in [0.717, 1.165) is 0 Å². The Hall–Kier alpha value is -0.940. The summed E-state index contributed by atoms with van der Waals surface area (Å²) in [6.07, 6.45) is 0. The van der Waals surface area contributed by atoms with Crippen LogP contribution in [0, 0.1) is 5.82 Å². The summed E-state index contributed by atoms with van der Waals surface area (Å²) in [7, 11) is 1.20. The second-order valence-corrected chi connectivity index (χ2v) is 3.49. The number of hydrogen-bond donors (Lipinski definition) is 1. The maximum absolute atomic E-state index is 13.4. The molecule has 0 radical (unpaired) electrons. The SMILES string of the molecule is COC(=O)c1cc(CN)cc(Br)c1F. The molecule has 0 aliphatic carbocycles. The molecule has 0 aliphatic rings. The third kappa shape index (κ3) is 2.10. The van der Waals surface area contributed by atoms with Gasteiger partial charge in [-0.05, 0) is 33.6 Å². The molecule has 0 aliphatic heterocycles. The van der Waals surface area contributed by atoms with Gasteiger partial charge in [0.1, 0.15) is 0 Å². The van der Waals surface area contributed by atoms with Crippen LogP contribution in [-0.2, 0) is 11.3 Å². The van der Waals surface area contributed by atoms with Gasteiger partial charge in [0.2, 0.25) is 0 Å². The summed E-state index contributed by atoms with van der Waals surface area (Å²) in [5, 5.41) is 0. The normalized spacial score (nSPS) is 10.0. The highest BCUT2D eigenvalue weighted by Gasteiger charge is 2.15. The van der Waals surface area contributed by atoms with Gasteiger partial charge in [-0.15, -0.1) is 0 Å². The largest absolute Gasteiger partial charge is 0.465 e. The molecule has 1 aromatic carbocycles. The zero-order valence-electron chi connectivity index (χ0n) is 7.51. The molecule has 14 heavy (non-hydrogen) atoms. The van der Waals surface area contributed by atoms with E-state index in [9.17, 15) is 9.18 Å². The number of carbonyl (C=O) groups excluding carboxylic acids is 1. The quantitative estimate of drug-likeness (QED) is 0.827. The van der Waals surface area contributed by atoms with E-state index >= 15 is 0 Å². The second kappa shape index (κ2) is 4.52. The summed E-state index contributed by atoms with van der Waals surface area (Å²) in [6, 6.07) is 2.91. The lowest BCUT2D eigenvalue weighted by Gasteiger charge is -2.05. The average molecular weight is 262 g/mol. The van der Waals surface area contributed by atoms with Gasteiger partial charge in [0.15, 0.2) is 5.82 Å². The molecule has 0 heterocycles. The first-order valence-corrected chi connectivity index (χ1v) is 4.65. The fraction of sp³-hybridized carbons (Fsp3) is 0.222. The number of ether oxygens (including phenoxy) is 1. The van der Waals surface area contributed by atoms with Gasteiger partial charge in [-0.25, -0.2) is 9.18 Å². The number of nitrogens with two attached hydrogens (primary N) is 1. The zero-order valence-corrected chi connectivity index (χ0v) is 9.10. The molecule has 2 N–H and O–H groups in total. The fourth-order valence-electron chi connectivity index (χ4n) is 1.02.